The van der Waals surface area contributed by atoms with Gasteiger partial charge in [0.05, 0.1) is 0 Å². The van der Waals surface area contributed by atoms with Crippen LogP contribution in [-0.4, -0.2) is 6.54 Å². The van der Waals surface area contributed by atoms with Crippen LogP contribution in [-0.2, 0) is 0 Å². The van der Waals surface area contributed by atoms with Crippen molar-refractivity contribution in [3.63, 3.8) is 0 Å². The lowest BCUT2D eigenvalue weighted by molar-refractivity contribution is 0.274. The normalized spacial score (nSPS) is 22.4. The summed E-state index contributed by atoms with van der Waals surface area (Å²) in [6.45, 7) is 3.19. The van der Waals surface area contributed by atoms with Gasteiger partial charge in [0.2, 0.25) is 0 Å². The Hall–Kier alpha value is -0.0400. The zero-order chi connectivity index (χ0) is 8.16. The first-order valence-electron chi connectivity index (χ1n) is 5.03. The quantitative estimate of drug-likeness (QED) is 0.663. The molecule has 1 saturated carbocycles. The highest BCUT2D eigenvalue weighted by atomic mass is 14.6. The van der Waals surface area contributed by atoms with E-state index in [2.05, 4.69) is 6.92 Å². The van der Waals surface area contributed by atoms with Crippen molar-refractivity contribution in [1.82, 2.24) is 0 Å². The maximum atomic E-state index is 5.81. The van der Waals surface area contributed by atoms with E-state index in [0.29, 0.717) is 5.41 Å². The lowest BCUT2D eigenvalue weighted by Gasteiger charge is -2.26. The second kappa shape index (κ2) is 4.10. The second-order valence-electron chi connectivity index (χ2n) is 4.01. The van der Waals surface area contributed by atoms with Gasteiger partial charge in [-0.25, -0.2) is 0 Å². The number of rotatable bonds is 4. The lowest BCUT2D eigenvalue weighted by Crippen LogP contribution is -2.27. The van der Waals surface area contributed by atoms with Gasteiger partial charge in [-0.15, -0.1) is 0 Å². The summed E-state index contributed by atoms with van der Waals surface area (Å²) in [5.74, 6) is 0. The maximum absolute atomic E-state index is 5.81. The van der Waals surface area contributed by atoms with Crippen molar-refractivity contribution < 1.29 is 0 Å². The molecular formula is C10H21N. The molecule has 0 aromatic rings. The van der Waals surface area contributed by atoms with Crippen LogP contribution in [0.3, 0.4) is 0 Å². The average Bonchev–Trinajstić information content (AvgIpc) is 2.50. The Bertz CT molecular complexity index is 103. The summed E-state index contributed by atoms with van der Waals surface area (Å²) in [5, 5.41) is 0. The molecule has 0 aliphatic heterocycles. The van der Waals surface area contributed by atoms with Crippen molar-refractivity contribution in [1.29, 1.82) is 0 Å². The molecule has 1 aliphatic rings. The van der Waals surface area contributed by atoms with Gasteiger partial charge in [-0.3, -0.25) is 0 Å². The zero-order valence-corrected chi connectivity index (χ0v) is 7.73. The van der Waals surface area contributed by atoms with Gasteiger partial charge >= 0.3 is 0 Å². The Kier molecular flexibility index (Phi) is 3.38. The standard InChI is InChI=1S/C10H21N/c1-2-3-6-10(9-11)7-4-5-8-10/h2-9,11H2,1H3. The van der Waals surface area contributed by atoms with Crippen molar-refractivity contribution in [2.24, 2.45) is 11.1 Å². The third-order valence-corrected chi connectivity index (χ3v) is 3.16. The molecule has 0 unspecified atom stereocenters. The molecule has 1 aliphatic carbocycles. The summed E-state index contributed by atoms with van der Waals surface area (Å²) < 4.78 is 0. The van der Waals surface area contributed by atoms with Crippen LogP contribution in [0.1, 0.15) is 51.9 Å². The Labute approximate surface area is 70.4 Å². The molecule has 0 bridgehead atoms. The molecule has 0 heterocycles. The van der Waals surface area contributed by atoms with Gasteiger partial charge in [-0.05, 0) is 31.2 Å². The van der Waals surface area contributed by atoms with Crippen molar-refractivity contribution in [2.45, 2.75) is 51.9 Å². The van der Waals surface area contributed by atoms with Crippen LogP contribution >= 0.6 is 0 Å². The van der Waals surface area contributed by atoms with E-state index in [1.54, 1.807) is 0 Å². The third kappa shape index (κ3) is 2.19. The fourth-order valence-corrected chi connectivity index (χ4v) is 2.23. The molecule has 1 rings (SSSR count). The summed E-state index contributed by atoms with van der Waals surface area (Å²) in [5.41, 5.74) is 6.38. The highest BCUT2D eigenvalue weighted by Crippen LogP contribution is 2.41. The van der Waals surface area contributed by atoms with Gasteiger partial charge in [0.15, 0.2) is 0 Å². The van der Waals surface area contributed by atoms with Gasteiger partial charge < -0.3 is 5.73 Å². The first-order valence-corrected chi connectivity index (χ1v) is 5.03. The smallest absolute Gasteiger partial charge is 0.00205 e. The molecule has 0 aromatic heterocycles. The third-order valence-electron chi connectivity index (χ3n) is 3.16. The predicted molar refractivity (Wildman–Crippen MR) is 49.5 cm³/mol. The van der Waals surface area contributed by atoms with Crippen molar-refractivity contribution in [3.8, 4) is 0 Å². The van der Waals surface area contributed by atoms with Crippen LogP contribution in [0.5, 0.6) is 0 Å². The van der Waals surface area contributed by atoms with E-state index < -0.39 is 0 Å². The minimum atomic E-state index is 0.565. The molecule has 0 aromatic carbocycles. The van der Waals surface area contributed by atoms with Gasteiger partial charge in [-0.1, -0.05) is 32.6 Å². The monoisotopic (exact) mass is 155 g/mol. The molecule has 0 atom stereocenters. The van der Waals surface area contributed by atoms with E-state index in [1.807, 2.05) is 0 Å². The van der Waals surface area contributed by atoms with Gasteiger partial charge in [-0.2, -0.15) is 0 Å². The van der Waals surface area contributed by atoms with Crippen LogP contribution in [0.15, 0.2) is 0 Å². The summed E-state index contributed by atoms with van der Waals surface area (Å²) in [4.78, 5) is 0. The number of hydrogen-bond acceptors (Lipinski definition) is 1. The summed E-state index contributed by atoms with van der Waals surface area (Å²) >= 11 is 0. The molecule has 11 heavy (non-hydrogen) atoms. The largest absolute Gasteiger partial charge is 0.330 e. The number of hydrogen-bond donors (Lipinski definition) is 1. The number of unbranched alkanes of at least 4 members (excludes halogenated alkanes) is 1. The molecule has 1 fully saturated rings. The Morgan fingerprint density at radius 1 is 1.27 bits per heavy atom. The van der Waals surface area contributed by atoms with Gasteiger partial charge in [0.25, 0.3) is 0 Å². The molecule has 66 valence electrons. The molecular weight excluding hydrogens is 134 g/mol. The van der Waals surface area contributed by atoms with Crippen LogP contribution in [0.4, 0.5) is 0 Å². The fourth-order valence-electron chi connectivity index (χ4n) is 2.23. The van der Waals surface area contributed by atoms with Crippen LogP contribution < -0.4 is 5.73 Å². The lowest BCUT2D eigenvalue weighted by atomic mass is 9.81. The Morgan fingerprint density at radius 2 is 1.91 bits per heavy atom. The van der Waals surface area contributed by atoms with Crippen molar-refractivity contribution >= 4 is 0 Å². The second-order valence-corrected chi connectivity index (χ2v) is 4.01. The van der Waals surface area contributed by atoms with E-state index in [1.165, 1.54) is 44.9 Å². The maximum Gasteiger partial charge on any atom is -0.00205 e. The van der Waals surface area contributed by atoms with E-state index in [9.17, 15) is 0 Å². The highest BCUT2D eigenvalue weighted by molar-refractivity contribution is 4.85. The predicted octanol–water partition coefficient (Wildman–Crippen LogP) is 2.70. The molecule has 0 radical (unpaired) electrons. The van der Waals surface area contributed by atoms with E-state index in [0.717, 1.165) is 6.54 Å². The summed E-state index contributed by atoms with van der Waals surface area (Å²) in [6, 6.07) is 0. The Morgan fingerprint density at radius 3 is 2.36 bits per heavy atom. The Balaban J connectivity index is 2.33. The van der Waals surface area contributed by atoms with Gasteiger partial charge in [0, 0.05) is 0 Å². The topological polar surface area (TPSA) is 26.0 Å². The van der Waals surface area contributed by atoms with E-state index in [4.69, 9.17) is 5.73 Å². The first-order chi connectivity index (χ1) is 5.33. The average molecular weight is 155 g/mol. The van der Waals surface area contributed by atoms with Gasteiger partial charge in [0.1, 0.15) is 0 Å². The molecule has 0 amide bonds. The van der Waals surface area contributed by atoms with Crippen molar-refractivity contribution in [2.75, 3.05) is 6.54 Å². The highest BCUT2D eigenvalue weighted by Gasteiger charge is 2.31. The molecule has 0 spiro atoms. The minimum Gasteiger partial charge on any atom is -0.330 e. The van der Waals surface area contributed by atoms with Crippen LogP contribution in [0.25, 0.3) is 0 Å². The van der Waals surface area contributed by atoms with Crippen LogP contribution in [0, 0.1) is 5.41 Å². The molecule has 0 saturated heterocycles. The SMILES string of the molecule is CCCCC1(CN)CCCC1. The first kappa shape index (κ1) is 9.05. The number of nitrogens with two attached hydrogens (primary N) is 1. The minimum absolute atomic E-state index is 0.565. The fraction of sp³-hybridized carbons (Fsp3) is 1.00. The van der Waals surface area contributed by atoms with Crippen LogP contribution in [0.2, 0.25) is 0 Å². The summed E-state index contributed by atoms with van der Waals surface area (Å²) in [7, 11) is 0. The molecule has 1 nitrogen and oxygen atoms in total. The zero-order valence-electron chi connectivity index (χ0n) is 7.73. The van der Waals surface area contributed by atoms with E-state index >= 15 is 0 Å². The summed E-state index contributed by atoms with van der Waals surface area (Å²) in [6.07, 6.45) is 9.69. The molecule has 1 heteroatoms. The molecule has 2 N–H and O–H groups in total. The van der Waals surface area contributed by atoms with Crippen molar-refractivity contribution in [3.05, 3.63) is 0 Å². The van der Waals surface area contributed by atoms with E-state index in [-0.39, 0.29) is 0 Å².